The second-order valence-electron chi connectivity index (χ2n) is 7.59. The summed E-state index contributed by atoms with van der Waals surface area (Å²) < 4.78 is 1.91. The summed E-state index contributed by atoms with van der Waals surface area (Å²) >= 11 is 0. The second kappa shape index (κ2) is 9.41. The molecule has 0 fully saturated rings. The van der Waals surface area contributed by atoms with E-state index in [1.807, 2.05) is 63.0 Å². The minimum Gasteiger partial charge on any atom is -0.378 e. The van der Waals surface area contributed by atoms with Crippen molar-refractivity contribution in [3.8, 4) is 5.69 Å². The summed E-state index contributed by atoms with van der Waals surface area (Å²) in [5, 5.41) is 7.67. The van der Waals surface area contributed by atoms with Gasteiger partial charge in [-0.25, -0.2) is 4.68 Å². The molecule has 0 aliphatic heterocycles. The third kappa shape index (κ3) is 5.25. The van der Waals surface area contributed by atoms with E-state index in [4.69, 9.17) is 0 Å². The minimum atomic E-state index is 0.0479. The lowest BCUT2D eigenvalue weighted by Crippen LogP contribution is -2.26. The van der Waals surface area contributed by atoms with Crippen LogP contribution in [0.5, 0.6) is 0 Å². The molecule has 0 unspecified atom stereocenters. The van der Waals surface area contributed by atoms with Crippen molar-refractivity contribution >= 4 is 11.6 Å². The highest BCUT2D eigenvalue weighted by molar-refractivity contribution is 5.79. The van der Waals surface area contributed by atoms with E-state index in [1.165, 1.54) is 11.3 Å². The number of hydrogen-bond donors (Lipinski definition) is 1. The molecule has 0 saturated heterocycles. The number of amides is 1. The molecule has 1 amide bonds. The minimum absolute atomic E-state index is 0.0479. The van der Waals surface area contributed by atoms with Gasteiger partial charge in [-0.15, -0.1) is 0 Å². The van der Waals surface area contributed by atoms with Crippen molar-refractivity contribution in [1.82, 2.24) is 15.1 Å². The van der Waals surface area contributed by atoms with Gasteiger partial charge in [0.2, 0.25) is 5.91 Å². The van der Waals surface area contributed by atoms with Crippen LogP contribution >= 0.6 is 0 Å². The number of benzene rings is 2. The Morgan fingerprint density at radius 2 is 1.72 bits per heavy atom. The Morgan fingerprint density at radius 3 is 2.38 bits per heavy atom. The van der Waals surface area contributed by atoms with Crippen molar-refractivity contribution in [2.24, 2.45) is 0 Å². The molecule has 0 spiro atoms. The number of nitrogens with one attached hydrogen (secondary N) is 1. The molecule has 1 aromatic heterocycles. The van der Waals surface area contributed by atoms with Gasteiger partial charge in [0.15, 0.2) is 0 Å². The van der Waals surface area contributed by atoms with Crippen LogP contribution in [0.4, 0.5) is 5.69 Å². The number of aryl methyl sites for hydroxylation is 2. The summed E-state index contributed by atoms with van der Waals surface area (Å²) in [6, 6.07) is 18.6. The van der Waals surface area contributed by atoms with Gasteiger partial charge < -0.3 is 10.2 Å². The van der Waals surface area contributed by atoms with Gasteiger partial charge >= 0.3 is 0 Å². The lowest BCUT2D eigenvalue weighted by Gasteiger charge is -2.12. The van der Waals surface area contributed by atoms with Crippen molar-refractivity contribution in [2.75, 3.05) is 25.5 Å². The molecule has 0 aliphatic rings. The number of carbonyl (C=O) groups is 1. The van der Waals surface area contributed by atoms with Crippen molar-refractivity contribution < 1.29 is 4.79 Å². The zero-order valence-electron chi connectivity index (χ0n) is 17.8. The zero-order chi connectivity index (χ0) is 20.8. The Balaban J connectivity index is 1.50. The Bertz CT molecular complexity index is 943. The first-order valence-electron chi connectivity index (χ1n) is 10.1. The molecule has 152 valence electrons. The van der Waals surface area contributed by atoms with E-state index in [0.717, 1.165) is 35.5 Å². The van der Waals surface area contributed by atoms with Crippen molar-refractivity contribution in [3.63, 3.8) is 0 Å². The summed E-state index contributed by atoms with van der Waals surface area (Å²) in [6.07, 6.45) is 2.24. The van der Waals surface area contributed by atoms with Gasteiger partial charge in [-0.05, 0) is 56.5 Å². The first-order valence-corrected chi connectivity index (χ1v) is 10.1. The average Bonchev–Trinajstić information content (AvgIpc) is 3.00. The maximum Gasteiger partial charge on any atom is 0.224 e. The molecule has 3 aromatic rings. The molecule has 1 N–H and O–H groups in total. The summed E-state index contributed by atoms with van der Waals surface area (Å²) in [4.78, 5) is 14.5. The topological polar surface area (TPSA) is 50.2 Å². The summed E-state index contributed by atoms with van der Waals surface area (Å²) in [7, 11) is 4.08. The molecule has 5 nitrogen and oxygen atoms in total. The number of carbonyl (C=O) groups excluding carboxylic acids is 1. The zero-order valence-corrected chi connectivity index (χ0v) is 17.8. The van der Waals surface area contributed by atoms with Crippen LogP contribution in [0.15, 0.2) is 54.6 Å². The highest BCUT2D eigenvalue weighted by atomic mass is 16.1. The molecule has 0 aliphatic carbocycles. The molecule has 1 heterocycles. The van der Waals surface area contributed by atoms with Crippen LogP contribution in [-0.4, -0.2) is 36.3 Å². The van der Waals surface area contributed by atoms with E-state index >= 15 is 0 Å². The fraction of sp³-hybridized carbons (Fsp3) is 0.333. The van der Waals surface area contributed by atoms with Crippen molar-refractivity contribution in [2.45, 2.75) is 33.1 Å². The Kier molecular flexibility index (Phi) is 6.70. The van der Waals surface area contributed by atoms with E-state index in [-0.39, 0.29) is 5.91 Å². The third-order valence-corrected chi connectivity index (χ3v) is 5.20. The number of anilines is 1. The maximum absolute atomic E-state index is 12.4. The lowest BCUT2D eigenvalue weighted by molar-refractivity contribution is -0.120. The molecule has 0 atom stereocenters. The van der Waals surface area contributed by atoms with Crippen molar-refractivity contribution in [3.05, 3.63) is 77.1 Å². The Morgan fingerprint density at radius 1 is 1.03 bits per heavy atom. The third-order valence-electron chi connectivity index (χ3n) is 5.20. The predicted molar refractivity (Wildman–Crippen MR) is 119 cm³/mol. The molecule has 29 heavy (non-hydrogen) atoms. The first-order chi connectivity index (χ1) is 14.0. The average molecular weight is 391 g/mol. The predicted octanol–water partition coefficient (Wildman–Crippen LogP) is 3.85. The summed E-state index contributed by atoms with van der Waals surface area (Å²) in [5.74, 6) is 0.0479. The van der Waals surface area contributed by atoms with Gasteiger partial charge in [0.1, 0.15) is 0 Å². The molecule has 0 bridgehead atoms. The molecule has 0 saturated carbocycles. The normalized spacial score (nSPS) is 10.8. The van der Waals surface area contributed by atoms with Gasteiger partial charge in [-0.3, -0.25) is 4.79 Å². The first kappa shape index (κ1) is 20.6. The molecular formula is C24H30N4O. The van der Waals surface area contributed by atoms with E-state index in [9.17, 15) is 4.79 Å². The summed E-state index contributed by atoms with van der Waals surface area (Å²) in [5.41, 5.74) is 6.43. The highest BCUT2D eigenvalue weighted by Crippen LogP contribution is 2.18. The number of nitrogens with zero attached hydrogens (tertiary/aromatic N) is 3. The number of para-hydroxylation sites is 1. The monoisotopic (exact) mass is 390 g/mol. The van der Waals surface area contributed by atoms with Gasteiger partial charge in [-0.1, -0.05) is 30.3 Å². The van der Waals surface area contributed by atoms with Crippen LogP contribution in [0, 0.1) is 13.8 Å². The van der Waals surface area contributed by atoms with Gasteiger partial charge in [0.25, 0.3) is 0 Å². The molecular weight excluding hydrogens is 360 g/mol. The van der Waals surface area contributed by atoms with E-state index in [2.05, 4.69) is 39.6 Å². The number of aromatic nitrogens is 2. The van der Waals surface area contributed by atoms with E-state index in [0.29, 0.717) is 13.0 Å². The quantitative estimate of drug-likeness (QED) is 0.595. The van der Waals surface area contributed by atoms with Gasteiger partial charge in [0.05, 0.1) is 17.8 Å². The molecule has 3 rings (SSSR count). The van der Waals surface area contributed by atoms with Crippen LogP contribution in [0.25, 0.3) is 5.69 Å². The fourth-order valence-corrected chi connectivity index (χ4v) is 3.46. The SMILES string of the molecule is Cc1nn(-c2ccccc2)c(C)c1CC(=O)NCCCc1ccc(N(C)C)cc1. The largest absolute Gasteiger partial charge is 0.378 e. The highest BCUT2D eigenvalue weighted by Gasteiger charge is 2.15. The molecule has 5 heteroatoms. The van der Waals surface area contributed by atoms with E-state index < -0.39 is 0 Å². The standard InChI is InChI=1S/C24H30N4O/c1-18-23(19(2)28(26-18)22-10-6-5-7-11-22)17-24(29)25-16-8-9-20-12-14-21(15-13-20)27(3)4/h5-7,10-15H,8-9,16-17H2,1-4H3,(H,25,29). The smallest absolute Gasteiger partial charge is 0.224 e. The second-order valence-corrected chi connectivity index (χ2v) is 7.59. The number of rotatable bonds is 8. The van der Waals surface area contributed by atoms with Gasteiger partial charge in [-0.2, -0.15) is 5.10 Å². The number of hydrogen-bond acceptors (Lipinski definition) is 3. The van der Waals surface area contributed by atoms with E-state index in [1.54, 1.807) is 0 Å². The Labute approximate surface area is 173 Å². The van der Waals surface area contributed by atoms with Crippen LogP contribution in [0.2, 0.25) is 0 Å². The van der Waals surface area contributed by atoms with Crippen LogP contribution < -0.4 is 10.2 Å². The lowest BCUT2D eigenvalue weighted by atomic mass is 10.1. The fourth-order valence-electron chi connectivity index (χ4n) is 3.46. The maximum atomic E-state index is 12.4. The summed E-state index contributed by atoms with van der Waals surface area (Å²) in [6.45, 7) is 4.67. The molecule has 0 radical (unpaired) electrons. The van der Waals surface area contributed by atoms with Gasteiger partial charge in [0, 0.05) is 37.6 Å². The van der Waals surface area contributed by atoms with Crippen LogP contribution in [0.1, 0.15) is 28.9 Å². The van der Waals surface area contributed by atoms with Crippen LogP contribution in [-0.2, 0) is 17.6 Å². The van der Waals surface area contributed by atoms with Crippen molar-refractivity contribution in [1.29, 1.82) is 0 Å². The van der Waals surface area contributed by atoms with Crippen LogP contribution in [0.3, 0.4) is 0 Å². The molecule has 2 aromatic carbocycles. The Hall–Kier alpha value is -3.08.